The number of hydrazine groups is 1. The summed E-state index contributed by atoms with van der Waals surface area (Å²) in [5.74, 6) is -6.03. The van der Waals surface area contributed by atoms with Crippen LogP contribution < -0.4 is 32.0 Å². The van der Waals surface area contributed by atoms with Gasteiger partial charge in [0, 0.05) is 83.7 Å². The summed E-state index contributed by atoms with van der Waals surface area (Å²) in [5.41, 5.74) is 8.81. The zero-order valence-corrected chi connectivity index (χ0v) is 51.0. The standard InChI is InChI=1S/C61H75N11O15S/c1-9-43-44-29-42(73)17-18-48(44)68-54-45(43)32-72-37(6)46-33-86-60(80)61(10-2,47(46)30-50(54)72)87-59(79)38-13-15-40(16-14-38)66-56(76)36(5)65-58(78)53(35(3)4)69-52(75)20-24-84-26-27-85-25-22-64-57(77)49(34-88(81,82)83)67-51(74)19-23-71-41(31-70(8)62-7)28-39-12-11-21-63-55(39)71/h11-18,21,28-30,35-36,49,53,62,73H,6,9-10,19-20,22-27,31-34H2,1-5,7-8H3,(H,64,77)(H,65,78)(H,66,76)(H,67,74)(H,69,75)(H,81,82,83)/t36-,49-,53-,61-/m0/s1. The number of esters is 2. The zero-order valence-electron chi connectivity index (χ0n) is 50.2. The van der Waals surface area contributed by atoms with E-state index in [0.29, 0.717) is 58.9 Å². The first-order valence-corrected chi connectivity index (χ1v) is 30.5. The van der Waals surface area contributed by atoms with Crippen molar-refractivity contribution < 1.29 is 70.6 Å². The van der Waals surface area contributed by atoms with E-state index in [1.165, 1.54) is 31.2 Å². The molecule has 3 aliphatic heterocycles. The summed E-state index contributed by atoms with van der Waals surface area (Å²) in [5, 5.41) is 26.8. The Hall–Kier alpha value is -8.60. The number of nitrogens with one attached hydrogen (secondary N) is 6. The number of amides is 5. The van der Waals surface area contributed by atoms with Gasteiger partial charge in [0.2, 0.25) is 35.1 Å². The minimum atomic E-state index is -4.67. The van der Waals surface area contributed by atoms with Crippen LogP contribution in [0.4, 0.5) is 5.69 Å². The summed E-state index contributed by atoms with van der Waals surface area (Å²) in [6, 6.07) is 12.8. The second kappa shape index (κ2) is 28.5. The van der Waals surface area contributed by atoms with Gasteiger partial charge in [-0.25, -0.2) is 24.6 Å². The normalized spacial score (nSPS) is 16.5. The minimum absolute atomic E-state index is 0.0247. The third kappa shape index (κ3) is 15.2. The van der Waals surface area contributed by atoms with Gasteiger partial charge < -0.3 is 60.1 Å². The number of rotatable bonds is 29. The molecule has 2 aromatic carbocycles. The number of nitrogens with zero attached hydrogens (tertiary/aromatic N) is 5. The quantitative estimate of drug-likeness (QED) is 0.0147. The Morgan fingerprint density at radius 3 is 2.33 bits per heavy atom. The van der Waals surface area contributed by atoms with Crippen molar-refractivity contribution in [2.75, 3.05) is 64.7 Å². The van der Waals surface area contributed by atoms with Gasteiger partial charge in [-0.05, 0) is 105 Å². The Bertz CT molecular complexity index is 3700. The molecule has 3 aliphatic rings. The molecular formula is C61H75N11O15S. The second-order valence-corrected chi connectivity index (χ2v) is 23.3. The van der Waals surface area contributed by atoms with E-state index in [4.69, 9.17) is 23.9 Å². The van der Waals surface area contributed by atoms with E-state index in [1.54, 1.807) is 58.3 Å². The number of benzene rings is 2. The Labute approximate surface area is 509 Å². The molecule has 8 N–H and O–H groups in total. The number of aromatic nitrogens is 3. The number of anilines is 1. The van der Waals surface area contributed by atoms with Crippen molar-refractivity contribution in [3.8, 4) is 5.75 Å². The fourth-order valence-electron chi connectivity index (χ4n) is 10.7. The predicted molar refractivity (Wildman–Crippen MR) is 324 cm³/mol. The molecule has 3 aromatic heterocycles. The summed E-state index contributed by atoms with van der Waals surface area (Å²) in [6.07, 6.45) is 3.93. The average molecular weight is 1230 g/mol. The highest BCUT2D eigenvalue weighted by atomic mass is 32.2. The van der Waals surface area contributed by atoms with Crippen molar-refractivity contribution in [2.24, 2.45) is 5.92 Å². The zero-order chi connectivity index (χ0) is 63.6. The number of carbonyl (C=O) groups excluding carboxylic acids is 7. The minimum Gasteiger partial charge on any atom is -0.508 e. The van der Waals surface area contributed by atoms with Crippen LogP contribution in [0.15, 0.2) is 96.4 Å². The first kappa shape index (κ1) is 65.4. The summed E-state index contributed by atoms with van der Waals surface area (Å²) < 4.78 is 57.9. The Kier molecular flexibility index (Phi) is 21.2. The van der Waals surface area contributed by atoms with Crippen LogP contribution >= 0.6 is 0 Å². The molecule has 0 saturated heterocycles. The lowest BCUT2D eigenvalue weighted by Gasteiger charge is -2.41. The smallest absolute Gasteiger partial charge is 0.355 e. The number of aryl methyl sites for hydroxylation is 2. The van der Waals surface area contributed by atoms with Gasteiger partial charge in [-0.1, -0.05) is 34.3 Å². The molecule has 0 spiro atoms. The molecule has 0 saturated carbocycles. The number of aromatic hydroxyl groups is 1. The summed E-state index contributed by atoms with van der Waals surface area (Å²) >= 11 is 0. The number of fused-ring (bicyclic) bond motifs is 5. The molecule has 88 heavy (non-hydrogen) atoms. The monoisotopic (exact) mass is 1230 g/mol. The summed E-state index contributed by atoms with van der Waals surface area (Å²) in [7, 11) is -1.05. The van der Waals surface area contributed by atoms with Crippen LogP contribution in [0.25, 0.3) is 27.6 Å². The van der Waals surface area contributed by atoms with Gasteiger partial charge in [-0.3, -0.25) is 34.0 Å². The SMILES string of the molecule is C=C1C2=C(C=C3c4nc5ccc(O)cc5c(CC)c4CN13)[C@](CC)(OC(=O)c1ccc(NC(=O)[C@H](C)NC(=O)[C@@H](NC(=O)CCOCCOCCNC(=O)[C@H](CS(=O)(=O)O)NC(=O)CCn3c(CN(C)NC)cc4cccnc43)C(C)C)cc1)C(=O)OC2. The van der Waals surface area contributed by atoms with Crippen molar-refractivity contribution in [3.63, 3.8) is 0 Å². The maximum atomic E-state index is 14.0. The van der Waals surface area contributed by atoms with Crippen LogP contribution in [0.2, 0.25) is 0 Å². The fraction of sp³-hybridized carbons (Fsp3) is 0.426. The molecular weight excluding hydrogens is 1160 g/mol. The third-order valence-electron chi connectivity index (χ3n) is 15.5. The van der Waals surface area contributed by atoms with Gasteiger partial charge in [0.05, 0.1) is 62.0 Å². The molecule has 6 heterocycles. The van der Waals surface area contributed by atoms with Crippen LogP contribution in [-0.4, -0.2) is 167 Å². The predicted octanol–water partition coefficient (Wildman–Crippen LogP) is 3.55. The molecule has 0 bridgehead atoms. The number of pyridine rings is 2. The van der Waals surface area contributed by atoms with Crippen molar-refractivity contribution in [1.82, 2.24) is 51.1 Å². The van der Waals surface area contributed by atoms with E-state index in [0.717, 1.165) is 27.6 Å². The van der Waals surface area contributed by atoms with E-state index in [1.807, 2.05) is 46.7 Å². The lowest BCUT2D eigenvalue weighted by Crippen LogP contribution is -2.53. The van der Waals surface area contributed by atoms with Crippen molar-refractivity contribution >= 4 is 84.9 Å². The van der Waals surface area contributed by atoms with E-state index < -0.39 is 81.1 Å². The number of hydrogen-bond acceptors (Lipinski definition) is 19. The Morgan fingerprint density at radius 2 is 1.64 bits per heavy atom. The number of carbonyl (C=O) groups is 7. The molecule has 5 aromatic rings. The molecule has 5 amide bonds. The molecule has 0 unspecified atom stereocenters. The van der Waals surface area contributed by atoms with E-state index >= 15 is 0 Å². The van der Waals surface area contributed by atoms with Gasteiger partial charge in [-0.2, -0.15) is 8.42 Å². The Balaban J connectivity index is 0.750. The number of ether oxygens (including phenoxy) is 4. The molecule has 26 nitrogen and oxygen atoms in total. The molecule has 0 fully saturated rings. The number of hydrogen-bond donors (Lipinski definition) is 8. The fourth-order valence-corrected chi connectivity index (χ4v) is 11.4. The van der Waals surface area contributed by atoms with Crippen LogP contribution in [0.1, 0.15) is 86.8 Å². The maximum absolute atomic E-state index is 14.0. The molecule has 0 aliphatic carbocycles. The average Bonchev–Trinajstić information content (AvgIpc) is 1.52. The van der Waals surface area contributed by atoms with Crippen molar-refractivity contribution in [2.45, 2.75) is 104 Å². The lowest BCUT2D eigenvalue weighted by atomic mass is 9.81. The maximum Gasteiger partial charge on any atom is 0.355 e. The van der Waals surface area contributed by atoms with Gasteiger partial charge in [0.15, 0.2) is 0 Å². The molecule has 0 radical (unpaired) electrons. The van der Waals surface area contributed by atoms with Gasteiger partial charge in [0.25, 0.3) is 10.1 Å². The van der Waals surface area contributed by atoms with E-state index in [-0.39, 0.29) is 88.3 Å². The second-order valence-electron chi connectivity index (χ2n) is 21.8. The topological polar surface area (TPSA) is 340 Å². The van der Waals surface area contributed by atoms with Gasteiger partial charge in [-0.15, -0.1) is 0 Å². The number of phenols is 1. The lowest BCUT2D eigenvalue weighted by molar-refractivity contribution is -0.163. The largest absolute Gasteiger partial charge is 0.508 e. The van der Waals surface area contributed by atoms with Crippen molar-refractivity contribution in [1.29, 1.82) is 0 Å². The summed E-state index contributed by atoms with van der Waals surface area (Å²) in [6.45, 7) is 14.1. The van der Waals surface area contributed by atoms with Crippen molar-refractivity contribution in [3.05, 3.63) is 124 Å². The van der Waals surface area contributed by atoms with Crippen LogP contribution in [0, 0.1) is 5.92 Å². The first-order valence-electron chi connectivity index (χ1n) is 28.9. The third-order valence-corrected chi connectivity index (χ3v) is 16.2. The van der Waals surface area contributed by atoms with Crippen LogP contribution in [0.5, 0.6) is 5.75 Å². The number of phenolic OH excluding ortho intramolecular Hbond substituents is 1. The van der Waals surface area contributed by atoms with E-state index in [9.17, 15) is 51.6 Å². The highest BCUT2D eigenvalue weighted by Gasteiger charge is 2.52. The Morgan fingerprint density at radius 1 is 0.909 bits per heavy atom. The van der Waals surface area contributed by atoms with Gasteiger partial charge >= 0.3 is 11.9 Å². The highest BCUT2D eigenvalue weighted by molar-refractivity contribution is 7.85. The van der Waals surface area contributed by atoms with Crippen LogP contribution in [0.3, 0.4) is 0 Å². The molecule has 4 atom stereocenters. The number of cyclic esters (lactones) is 1. The van der Waals surface area contributed by atoms with Crippen LogP contribution in [-0.2, 0) is 83.9 Å². The molecule has 470 valence electrons. The van der Waals surface area contributed by atoms with Gasteiger partial charge in [0.1, 0.15) is 41.9 Å². The highest BCUT2D eigenvalue weighted by Crippen LogP contribution is 2.49. The van der Waals surface area contributed by atoms with E-state index in [2.05, 4.69) is 43.6 Å². The first-order chi connectivity index (χ1) is 41.9. The molecule has 27 heteroatoms. The summed E-state index contributed by atoms with van der Waals surface area (Å²) in [4.78, 5) is 105. The molecule has 8 rings (SSSR count).